The largest absolute Gasteiger partial charge is 0.0587 e. The van der Waals surface area contributed by atoms with E-state index < -0.39 is 0 Å². The zero-order valence-electron chi connectivity index (χ0n) is 8.46. The van der Waals surface area contributed by atoms with Gasteiger partial charge in [0.05, 0.1) is 0 Å². The molecule has 2 rings (SSSR count). The molecule has 0 atom stereocenters. The summed E-state index contributed by atoms with van der Waals surface area (Å²) in [4.78, 5) is 0. The first kappa shape index (κ1) is 10.8. The zero-order valence-corrected chi connectivity index (χ0v) is 10.5. The van der Waals surface area contributed by atoms with E-state index in [1.54, 1.807) is 0 Å². The van der Waals surface area contributed by atoms with Crippen LogP contribution in [0.25, 0.3) is 10.8 Å². The molecule has 0 aromatic heterocycles. The Morgan fingerprint density at radius 3 is 1.46 bits per heavy atom. The van der Waals surface area contributed by atoms with Crippen molar-refractivity contribution < 1.29 is 0 Å². The molecule has 13 heavy (non-hydrogen) atoms. The summed E-state index contributed by atoms with van der Waals surface area (Å²) in [5, 5.41) is 2.67. The molecule has 0 unspecified atom stereocenters. The predicted octanol–water partition coefficient (Wildman–Crippen LogP) is 3.08. The van der Waals surface area contributed by atoms with E-state index in [0.717, 1.165) is 0 Å². The molecule has 0 aliphatic carbocycles. The fraction of sp³-hybridized carbons (Fsp3) is 0.167. The van der Waals surface area contributed by atoms with Crippen molar-refractivity contribution in [2.75, 3.05) is 0 Å². The molecule has 0 fully saturated rings. The first-order chi connectivity index (χ1) is 5.75. The van der Waals surface area contributed by atoms with Gasteiger partial charge in [-0.3, -0.25) is 0 Å². The maximum atomic E-state index is 2.22. The molecule has 0 nitrogen and oxygen atoms in total. The molecule has 0 bridgehead atoms. The van der Waals surface area contributed by atoms with Gasteiger partial charge in [0.25, 0.3) is 0 Å². The van der Waals surface area contributed by atoms with Gasteiger partial charge in [-0.15, -0.1) is 0 Å². The van der Waals surface area contributed by atoms with Crippen LogP contribution in [-0.2, 0) is 0 Å². The van der Waals surface area contributed by atoms with Crippen molar-refractivity contribution in [3.8, 4) is 0 Å². The summed E-state index contributed by atoms with van der Waals surface area (Å²) in [5.41, 5.74) is 2.65. The van der Waals surface area contributed by atoms with E-state index in [4.69, 9.17) is 0 Å². The predicted molar refractivity (Wildman–Crippen MR) is 59.2 cm³/mol. The van der Waals surface area contributed by atoms with E-state index in [1.165, 1.54) is 21.9 Å². The van der Waals surface area contributed by atoms with Gasteiger partial charge in [-0.05, 0) is 24.6 Å². The number of aryl methyl sites for hydroxylation is 2. The summed E-state index contributed by atoms with van der Waals surface area (Å²) >= 11 is 0. The molecular formula is C12H12Na. The minimum Gasteiger partial charge on any atom is -0.0587 e. The van der Waals surface area contributed by atoms with Crippen molar-refractivity contribution in [1.29, 1.82) is 0 Å². The van der Waals surface area contributed by atoms with Crippen LogP contribution in [0.3, 0.4) is 0 Å². The maximum absolute atomic E-state index is 2.22. The van der Waals surface area contributed by atoms with E-state index in [-0.39, 0.29) is 29.6 Å². The third-order valence-corrected chi connectivity index (χ3v) is 2.15. The Kier molecular flexibility index (Phi) is 3.55. The van der Waals surface area contributed by atoms with Crippen molar-refractivity contribution in [2.24, 2.45) is 0 Å². The molecule has 0 saturated carbocycles. The Balaban J connectivity index is 0.000000845. The Hall–Kier alpha value is -0.300. The van der Waals surface area contributed by atoms with Gasteiger partial charge in [-0.1, -0.05) is 47.5 Å². The van der Waals surface area contributed by atoms with Crippen LogP contribution in [0.15, 0.2) is 36.4 Å². The standard InChI is InChI=1S/C12H12.Na/c1-9-3-5-12-8-10(2)4-6-11(12)7-9;/h3-8H,1-2H3;. The number of hydrogen-bond donors (Lipinski definition) is 0. The van der Waals surface area contributed by atoms with E-state index >= 15 is 0 Å². The van der Waals surface area contributed by atoms with Crippen LogP contribution in [0.5, 0.6) is 0 Å². The number of hydrogen-bond acceptors (Lipinski definition) is 0. The molecule has 0 heterocycles. The Morgan fingerprint density at radius 2 is 1.08 bits per heavy atom. The molecule has 2 aromatic carbocycles. The van der Waals surface area contributed by atoms with Gasteiger partial charge < -0.3 is 0 Å². The molecule has 1 radical (unpaired) electrons. The van der Waals surface area contributed by atoms with E-state index in [9.17, 15) is 0 Å². The van der Waals surface area contributed by atoms with Gasteiger partial charge in [0.2, 0.25) is 0 Å². The average molecular weight is 179 g/mol. The maximum Gasteiger partial charge on any atom is 0 e. The summed E-state index contributed by atoms with van der Waals surface area (Å²) in [6.07, 6.45) is 0. The minimum absolute atomic E-state index is 0. The first-order valence-corrected chi connectivity index (χ1v) is 4.23. The minimum atomic E-state index is 0. The Bertz CT molecular complexity index is 377. The second-order valence-corrected chi connectivity index (χ2v) is 3.35. The summed E-state index contributed by atoms with van der Waals surface area (Å²) in [6.45, 7) is 4.25. The third kappa shape index (κ3) is 2.34. The second kappa shape index (κ2) is 4.28. The molecule has 0 aliphatic rings. The SMILES string of the molecule is Cc1ccc2cc(C)ccc2c1.[Na]. The number of rotatable bonds is 0. The van der Waals surface area contributed by atoms with Crippen LogP contribution >= 0.6 is 0 Å². The van der Waals surface area contributed by atoms with Crippen LogP contribution in [0.2, 0.25) is 0 Å². The summed E-state index contributed by atoms with van der Waals surface area (Å²) < 4.78 is 0. The van der Waals surface area contributed by atoms with Gasteiger partial charge >= 0.3 is 0 Å². The van der Waals surface area contributed by atoms with Crippen molar-refractivity contribution in [3.63, 3.8) is 0 Å². The zero-order chi connectivity index (χ0) is 8.55. The summed E-state index contributed by atoms with van der Waals surface area (Å²) in [6, 6.07) is 13.1. The second-order valence-electron chi connectivity index (χ2n) is 3.35. The molecule has 0 N–H and O–H groups in total. The van der Waals surface area contributed by atoms with E-state index in [0.29, 0.717) is 0 Å². The molecule has 0 spiro atoms. The van der Waals surface area contributed by atoms with Crippen LogP contribution < -0.4 is 0 Å². The van der Waals surface area contributed by atoms with Crippen LogP contribution in [0, 0.1) is 13.8 Å². The van der Waals surface area contributed by atoms with Crippen LogP contribution in [0.4, 0.5) is 0 Å². The van der Waals surface area contributed by atoms with Gasteiger partial charge in [0, 0.05) is 29.6 Å². The molecular weight excluding hydrogens is 167 g/mol. The molecule has 2 aromatic rings. The first-order valence-electron chi connectivity index (χ1n) is 4.23. The molecule has 0 amide bonds. The van der Waals surface area contributed by atoms with E-state index in [2.05, 4.69) is 50.2 Å². The molecule has 61 valence electrons. The molecule has 0 aliphatic heterocycles. The van der Waals surface area contributed by atoms with Crippen molar-refractivity contribution in [1.82, 2.24) is 0 Å². The quantitative estimate of drug-likeness (QED) is 0.545. The number of fused-ring (bicyclic) bond motifs is 1. The Labute approximate surface area is 101 Å². The fourth-order valence-electron chi connectivity index (χ4n) is 1.48. The van der Waals surface area contributed by atoms with Gasteiger partial charge in [-0.2, -0.15) is 0 Å². The third-order valence-electron chi connectivity index (χ3n) is 2.15. The fourth-order valence-corrected chi connectivity index (χ4v) is 1.48. The van der Waals surface area contributed by atoms with Gasteiger partial charge in [0.15, 0.2) is 0 Å². The van der Waals surface area contributed by atoms with Gasteiger partial charge in [0.1, 0.15) is 0 Å². The van der Waals surface area contributed by atoms with Gasteiger partial charge in [-0.25, -0.2) is 0 Å². The summed E-state index contributed by atoms with van der Waals surface area (Å²) in [7, 11) is 0. The molecule has 0 saturated heterocycles. The van der Waals surface area contributed by atoms with Crippen molar-refractivity contribution in [3.05, 3.63) is 47.5 Å². The van der Waals surface area contributed by atoms with Crippen LogP contribution in [-0.4, -0.2) is 29.6 Å². The summed E-state index contributed by atoms with van der Waals surface area (Å²) in [5.74, 6) is 0. The number of benzene rings is 2. The van der Waals surface area contributed by atoms with Crippen molar-refractivity contribution >= 4 is 40.3 Å². The monoisotopic (exact) mass is 179 g/mol. The topological polar surface area (TPSA) is 0 Å². The van der Waals surface area contributed by atoms with E-state index in [1.807, 2.05) is 0 Å². The van der Waals surface area contributed by atoms with Crippen molar-refractivity contribution in [2.45, 2.75) is 13.8 Å². The smallest absolute Gasteiger partial charge is 0 e. The average Bonchev–Trinajstić information content (AvgIpc) is 2.05. The normalized spacial score (nSPS) is 9.69. The van der Waals surface area contributed by atoms with Crippen LogP contribution in [0.1, 0.15) is 11.1 Å². The molecule has 1 heteroatoms. The Morgan fingerprint density at radius 1 is 0.692 bits per heavy atom.